The van der Waals surface area contributed by atoms with Crippen LogP contribution in [0.25, 0.3) is 0 Å². The molecule has 2 aromatic rings. The summed E-state index contributed by atoms with van der Waals surface area (Å²) >= 11 is 0. The van der Waals surface area contributed by atoms with Crippen molar-refractivity contribution >= 4 is 5.91 Å². The molecule has 1 amide bonds. The Labute approximate surface area is 187 Å². The molecule has 1 aromatic heterocycles. The van der Waals surface area contributed by atoms with E-state index < -0.39 is 5.41 Å². The van der Waals surface area contributed by atoms with Crippen molar-refractivity contribution in [2.45, 2.75) is 60.0 Å². The number of benzene rings is 1. The third-order valence-electron chi connectivity index (χ3n) is 6.23. The maximum absolute atomic E-state index is 12.8. The molecule has 0 unspecified atom stereocenters. The summed E-state index contributed by atoms with van der Waals surface area (Å²) in [6.45, 7) is 13.0. The van der Waals surface area contributed by atoms with Gasteiger partial charge in [-0.15, -0.1) is 0 Å². The third-order valence-corrected chi connectivity index (χ3v) is 6.23. The highest BCUT2D eigenvalue weighted by atomic mass is 16.5. The number of likely N-dealkylation sites (tertiary alicyclic amines) is 1. The number of hydrogen-bond acceptors (Lipinski definition) is 4. The minimum Gasteiger partial charge on any atom is -0.496 e. The first-order valence-corrected chi connectivity index (χ1v) is 11.3. The second kappa shape index (κ2) is 9.82. The largest absolute Gasteiger partial charge is 0.496 e. The van der Waals surface area contributed by atoms with Gasteiger partial charge >= 0.3 is 0 Å². The predicted molar refractivity (Wildman–Crippen MR) is 125 cm³/mol. The van der Waals surface area contributed by atoms with Crippen LogP contribution in [0.2, 0.25) is 0 Å². The summed E-state index contributed by atoms with van der Waals surface area (Å²) < 4.78 is 5.47. The molecule has 1 aromatic carbocycles. The van der Waals surface area contributed by atoms with Gasteiger partial charge in [0.1, 0.15) is 5.75 Å². The molecule has 31 heavy (non-hydrogen) atoms. The van der Waals surface area contributed by atoms with Crippen LogP contribution in [0.15, 0.2) is 36.5 Å². The first-order valence-electron chi connectivity index (χ1n) is 11.3. The van der Waals surface area contributed by atoms with Crippen LogP contribution in [0.1, 0.15) is 62.0 Å². The smallest absolute Gasteiger partial charge is 0.225 e. The Balaban J connectivity index is 1.79. The molecule has 2 atom stereocenters. The number of methoxy groups -OCH3 is 1. The van der Waals surface area contributed by atoms with E-state index in [2.05, 4.69) is 41.2 Å². The molecule has 1 N–H and O–H groups in total. The Kier molecular flexibility index (Phi) is 7.37. The van der Waals surface area contributed by atoms with Gasteiger partial charge in [0, 0.05) is 24.7 Å². The van der Waals surface area contributed by atoms with Crippen molar-refractivity contribution in [1.82, 2.24) is 15.2 Å². The van der Waals surface area contributed by atoms with Crippen LogP contribution in [0.5, 0.6) is 5.75 Å². The van der Waals surface area contributed by atoms with E-state index >= 15 is 0 Å². The van der Waals surface area contributed by atoms with Crippen LogP contribution in [0, 0.1) is 25.2 Å². The van der Waals surface area contributed by atoms with Crippen LogP contribution in [0.4, 0.5) is 0 Å². The minimum atomic E-state index is -0.431. The Bertz CT molecular complexity index is 890. The van der Waals surface area contributed by atoms with Gasteiger partial charge in [0.25, 0.3) is 0 Å². The second-order valence-electron chi connectivity index (χ2n) is 9.84. The molecule has 0 radical (unpaired) electrons. The lowest BCUT2D eigenvalue weighted by Gasteiger charge is -2.38. The Hall–Kier alpha value is -2.40. The van der Waals surface area contributed by atoms with Crippen LogP contribution in [-0.4, -0.2) is 36.0 Å². The van der Waals surface area contributed by atoms with Crippen LogP contribution >= 0.6 is 0 Å². The summed E-state index contributed by atoms with van der Waals surface area (Å²) in [6.07, 6.45) is 4.02. The van der Waals surface area contributed by atoms with Gasteiger partial charge in [0.05, 0.1) is 18.8 Å². The van der Waals surface area contributed by atoms with Gasteiger partial charge < -0.3 is 10.1 Å². The summed E-state index contributed by atoms with van der Waals surface area (Å²) in [6, 6.07) is 10.3. The Morgan fingerprint density at radius 2 is 2.03 bits per heavy atom. The number of aryl methyl sites for hydroxylation is 2. The molecular formula is C26H37N3O2. The highest BCUT2D eigenvalue weighted by molar-refractivity contribution is 5.81. The lowest BCUT2D eigenvalue weighted by atomic mass is 9.86. The van der Waals surface area contributed by atoms with Gasteiger partial charge in [-0.2, -0.15) is 0 Å². The first kappa shape index (κ1) is 23.3. The molecule has 1 saturated heterocycles. The predicted octanol–water partition coefficient (Wildman–Crippen LogP) is 4.82. The molecule has 5 heteroatoms. The summed E-state index contributed by atoms with van der Waals surface area (Å²) in [5.74, 6) is 1.34. The van der Waals surface area contributed by atoms with Gasteiger partial charge in [-0.25, -0.2) is 0 Å². The number of hydrogen-bond donors (Lipinski definition) is 1. The molecule has 168 valence electrons. The van der Waals surface area contributed by atoms with Crippen molar-refractivity contribution in [3.8, 4) is 5.75 Å². The maximum atomic E-state index is 12.8. The van der Waals surface area contributed by atoms with Crippen LogP contribution in [0.3, 0.4) is 0 Å². The summed E-state index contributed by atoms with van der Waals surface area (Å²) in [5.41, 5.74) is 4.28. The highest BCUT2D eigenvalue weighted by Crippen LogP contribution is 2.32. The number of pyridine rings is 1. The zero-order valence-electron chi connectivity index (χ0n) is 19.9. The fourth-order valence-electron chi connectivity index (χ4n) is 4.34. The highest BCUT2D eigenvalue weighted by Gasteiger charge is 2.33. The number of rotatable bonds is 6. The SMILES string of the molecule is COc1cc(C)c(CN2CCC[C@H]([C@H](NC(=O)C(C)(C)C)c3ccccn3)C2)cc1C. The fourth-order valence-corrected chi connectivity index (χ4v) is 4.34. The number of nitrogens with zero attached hydrogens (tertiary/aromatic N) is 2. The number of piperidine rings is 1. The zero-order valence-corrected chi connectivity index (χ0v) is 19.9. The van der Waals surface area contributed by atoms with Crippen molar-refractivity contribution in [3.05, 3.63) is 58.9 Å². The molecule has 0 aliphatic carbocycles. The van der Waals surface area contributed by atoms with E-state index in [4.69, 9.17) is 4.74 Å². The first-order chi connectivity index (χ1) is 14.7. The molecule has 0 bridgehead atoms. The standard InChI is InChI=1S/C26H37N3O2/c1-18-15-23(31-6)19(2)14-21(18)17-29-13-9-10-20(16-29)24(22-11-7-8-12-27-22)28-25(30)26(3,4)5/h7-8,11-12,14-15,20,24H,9-10,13,16-17H2,1-6H3,(H,28,30)/t20-,24-/m0/s1. The van der Waals surface area contributed by atoms with E-state index in [0.29, 0.717) is 5.92 Å². The second-order valence-corrected chi connectivity index (χ2v) is 9.84. The third kappa shape index (κ3) is 5.85. The van der Waals surface area contributed by atoms with E-state index in [-0.39, 0.29) is 11.9 Å². The summed E-state index contributed by atoms with van der Waals surface area (Å²) in [4.78, 5) is 20.0. The van der Waals surface area contributed by atoms with Gasteiger partial charge in [-0.3, -0.25) is 14.7 Å². The number of carbonyl (C=O) groups is 1. The lowest BCUT2D eigenvalue weighted by Crippen LogP contribution is -2.45. The molecular weight excluding hydrogens is 386 g/mol. The van der Waals surface area contributed by atoms with Gasteiger partial charge in [0.2, 0.25) is 5.91 Å². The number of ether oxygens (including phenoxy) is 1. The Morgan fingerprint density at radius 1 is 1.26 bits per heavy atom. The van der Waals surface area contributed by atoms with Crippen LogP contribution in [-0.2, 0) is 11.3 Å². The average Bonchev–Trinajstić information content (AvgIpc) is 2.74. The van der Waals surface area contributed by atoms with E-state index in [1.165, 1.54) is 16.7 Å². The van der Waals surface area contributed by atoms with E-state index in [1.807, 2.05) is 45.2 Å². The number of amides is 1. The van der Waals surface area contributed by atoms with E-state index in [1.54, 1.807) is 7.11 Å². The normalized spacial score (nSPS) is 18.5. The molecule has 1 aliphatic rings. The van der Waals surface area contributed by atoms with E-state index in [0.717, 1.165) is 43.9 Å². The van der Waals surface area contributed by atoms with E-state index in [9.17, 15) is 4.79 Å². The van der Waals surface area contributed by atoms with Crippen molar-refractivity contribution in [2.24, 2.45) is 11.3 Å². The molecule has 1 aliphatic heterocycles. The molecule has 0 spiro atoms. The number of nitrogens with one attached hydrogen (secondary N) is 1. The Morgan fingerprint density at radius 3 is 2.68 bits per heavy atom. The molecule has 2 heterocycles. The quantitative estimate of drug-likeness (QED) is 0.724. The summed E-state index contributed by atoms with van der Waals surface area (Å²) in [7, 11) is 1.72. The average molecular weight is 424 g/mol. The minimum absolute atomic E-state index is 0.0712. The topological polar surface area (TPSA) is 54.5 Å². The molecule has 0 saturated carbocycles. The van der Waals surface area contributed by atoms with Gasteiger partial charge in [-0.1, -0.05) is 32.9 Å². The zero-order chi connectivity index (χ0) is 22.6. The number of aromatic nitrogens is 1. The molecule has 1 fully saturated rings. The monoisotopic (exact) mass is 423 g/mol. The molecule has 3 rings (SSSR count). The van der Waals surface area contributed by atoms with Crippen molar-refractivity contribution in [2.75, 3.05) is 20.2 Å². The van der Waals surface area contributed by atoms with Crippen LogP contribution < -0.4 is 10.1 Å². The van der Waals surface area contributed by atoms with Gasteiger partial charge in [-0.05, 0) is 74.0 Å². The van der Waals surface area contributed by atoms with Gasteiger partial charge in [0.15, 0.2) is 0 Å². The lowest BCUT2D eigenvalue weighted by molar-refractivity contribution is -0.130. The number of carbonyl (C=O) groups excluding carboxylic acids is 1. The van der Waals surface area contributed by atoms with Crippen molar-refractivity contribution in [1.29, 1.82) is 0 Å². The van der Waals surface area contributed by atoms with Crippen molar-refractivity contribution in [3.63, 3.8) is 0 Å². The molecule has 5 nitrogen and oxygen atoms in total. The fraction of sp³-hybridized carbons (Fsp3) is 0.538. The maximum Gasteiger partial charge on any atom is 0.225 e. The summed E-state index contributed by atoms with van der Waals surface area (Å²) in [5, 5.41) is 3.32. The van der Waals surface area contributed by atoms with Crippen molar-refractivity contribution < 1.29 is 9.53 Å².